The van der Waals surface area contributed by atoms with Gasteiger partial charge >= 0.3 is 5.97 Å². The summed E-state index contributed by atoms with van der Waals surface area (Å²) >= 11 is 5.91. The molecule has 1 heterocycles. The van der Waals surface area contributed by atoms with Gasteiger partial charge in [-0.25, -0.2) is 9.18 Å². The Morgan fingerprint density at radius 1 is 1.41 bits per heavy atom. The van der Waals surface area contributed by atoms with Gasteiger partial charge in [0.25, 0.3) is 0 Å². The summed E-state index contributed by atoms with van der Waals surface area (Å²) < 4.78 is 18.3. The smallest absolute Gasteiger partial charge is 0.337 e. The summed E-state index contributed by atoms with van der Waals surface area (Å²) in [7, 11) is 1.21. The molecule has 0 saturated carbocycles. The third kappa shape index (κ3) is 3.39. The van der Waals surface area contributed by atoms with Gasteiger partial charge in [-0.05, 0) is 12.1 Å². The van der Waals surface area contributed by atoms with Crippen LogP contribution < -0.4 is 0 Å². The number of carbonyl (C=O) groups excluding carboxylic acids is 2. The Kier molecular flexibility index (Phi) is 5.03. The van der Waals surface area contributed by atoms with Gasteiger partial charge in [-0.1, -0.05) is 17.7 Å². The van der Waals surface area contributed by atoms with E-state index in [1.54, 1.807) is 0 Å². The first kappa shape index (κ1) is 16.7. The number of nitrogens with zero attached hydrogens (tertiary/aromatic N) is 1. The van der Waals surface area contributed by atoms with Crippen molar-refractivity contribution < 1.29 is 23.8 Å². The van der Waals surface area contributed by atoms with E-state index in [1.807, 2.05) is 0 Å². The Balaban J connectivity index is 2.00. The molecule has 22 heavy (non-hydrogen) atoms. The molecule has 1 amide bonds. The van der Waals surface area contributed by atoms with Gasteiger partial charge in [0.2, 0.25) is 5.91 Å². The first-order valence-corrected chi connectivity index (χ1v) is 7.26. The zero-order valence-electron chi connectivity index (χ0n) is 12.1. The number of carbonyl (C=O) groups is 2. The van der Waals surface area contributed by atoms with Crippen LogP contribution in [0.4, 0.5) is 4.39 Å². The second kappa shape index (κ2) is 6.62. The molecule has 1 aromatic rings. The number of amides is 1. The Morgan fingerprint density at radius 2 is 2.05 bits per heavy atom. The fourth-order valence-corrected chi connectivity index (χ4v) is 2.71. The summed E-state index contributed by atoms with van der Waals surface area (Å²) in [4.78, 5) is 25.2. The van der Waals surface area contributed by atoms with Crippen molar-refractivity contribution in [3.8, 4) is 0 Å². The molecule has 1 aromatic carbocycles. The topological polar surface area (TPSA) is 66.8 Å². The van der Waals surface area contributed by atoms with Gasteiger partial charge in [0.05, 0.1) is 13.5 Å². The largest absolute Gasteiger partial charge is 0.467 e. The summed E-state index contributed by atoms with van der Waals surface area (Å²) in [6.45, 7) is 0.410. The van der Waals surface area contributed by atoms with Crippen LogP contribution >= 0.6 is 11.6 Å². The fourth-order valence-electron chi connectivity index (χ4n) is 2.48. The van der Waals surface area contributed by atoms with Crippen LogP contribution in [0.25, 0.3) is 0 Å². The van der Waals surface area contributed by atoms with E-state index in [1.165, 1.54) is 30.2 Å². The van der Waals surface area contributed by atoms with Crippen molar-refractivity contribution in [1.29, 1.82) is 0 Å². The number of halogens is 2. The molecule has 2 rings (SSSR count). The molecule has 5 nitrogen and oxygen atoms in total. The second-order valence-corrected chi connectivity index (χ2v) is 5.69. The molecule has 0 aromatic heterocycles. The molecule has 0 atom stereocenters. The summed E-state index contributed by atoms with van der Waals surface area (Å²) in [5.74, 6) is -1.51. The first-order valence-electron chi connectivity index (χ1n) is 6.89. The average molecular weight is 330 g/mol. The van der Waals surface area contributed by atoms with Crippen LogP contribution in [0.15, 0.2) is 18.2 Å². The summed E-state index contributed by atoms with van der Waals surface area (Å²) in [6.07, 6.45) is 0.0367. The van der Waals surface area contributed by atoms with Crippen LogP contribution in [-0.2, 0) is 20.7 Å². The lowest BCUT2D eigenvalue weighted by atomic mass is 9.91. The molecular weight excluding hydrogens is 313 g/mol. The normalized spacial score (nSPS) is 17.2. The number of ether oxygens (including phenoxy) is 1. The van der Waals surface area contributed by atoms with Crippen LogP contribution in [-0.4, -0.2) is 47.7 Å². The molecule has 1 N–H and O–H groups in total. The van der Waals surface area contributed by atoms with Crippen molar-refractivity contribution in [3.63, 3.8) is 0 Å². The number of methoxy groups -OCH3 is 1. The van der Waals surface area contributed by atoms with Crippen LogP contribution in [0.1, 0.15) is 18.4 Å². The lowest BCUT2D eigenvalue weighted by Gasteiger charge is -2.36. The second-order valence-electron chi connectivity index (χ2n) is 5.28. The third-order valence-corrected chi connectivity index (χ3v) is 4.25. The molecule has 1 saturated heterocycles. The minimum absolute atomic E-state index is 0.0937. The van der Waals surface area contributed by atoms with Gasteiger partial charge in [-0.2, -0.15) is 0 Å². The lowest BCUT2D eigenvalue weighted by Crippen LogP contribution is -2.51. The number of likely N-dealkylation sites (tertiary alicyclic amines) is 1. The van der Waals surface area contributed by atoms with Crippen molar-refractivity contribution in [3.05, 3.63) is 34.6 Å². The standard InChI is InChI=1S/C15H17ClFNO4/c1-22-14(20)15(21)5-7-18(8-6-15)13(19)9-10-11(16)3-2-4-12(10)17/h2-4,21H,5-9H2,1H3. The van der Waals surface area contributed by atoms with Crippen molar-refractivity contribution in [2.45, 2.75) is 24.9 Å². The Morgan fingerprint density at radius 3 is 2.59 bits per heavy atom. The highest BCUT2D eigenvalue weighted by atomic mass is 35.5. The SMILES string of the molecule is COC(=O)C1(O)CCN(C(=O)Cc2c(F)cccc2Cl)CC1. The van der Waals surface area contributed by atoms with Gasteiger partial charge in [0, 0.05) is 36.5 Å². The first-order chi connectivity index (χ1) is 10.4. The van der Waals surface area contributed by atoms with E-state index in [2.05, 4.69) is 4.74 Å². The molecule has 0 spiro atoms. The molecule has 0 radical (unpaired) electrons. The van der Waals surface area contributed by atoms with Gasteiger partial charge < -0.3 is 14.7 Å². The van der Waals surface area contributed by atoms with Gasteiger partial charge in [-0.15, -0.1) is 0 Å². The molecule has 1 aliphatic heterocycles. The van der Waals surface area contributed by atoms with Gasteiger partial charge in [0.15, 0.2) is 5.60 Å². The maximum Gasteiger partial charge on any atom is 0.337 e. The number of aliphatic hydroxyl groups is 1. The zero-order chi connectivity index (χ0) is 16.3. The molecule has 0 bridgehead atoms. The predicted octanol–water partition coefficient (Wildman–Crippen LogP) is 1.55. The minimum Gasteiger partial charge on any atom is -0.467 e. The molecule has 1 fully saturated rings. The number of rotatable bonds is 3. The predicted molar refractivity (Wildman–Crippen MR) is 77.9 cm³/mol. The Labute approximate surface area is 132 Å². The van der Waals surface area contributed by atoms with E-state index in [4.69, 9.17) is 11.6 Å². The monoisotopic (exact) mass is 329 g/mol. The lowest BCUT2D eigenvalue weighted by molar-refractivity contribution is -0.168. The van der Waals surface area contributed by atoms with Gasteiger partial charge in [-0.3, -0.25) is 4.79 Å². The van der Waals surface area contributed by atoms with E-state index in [9.17, 15) is 19.1 Å². The highest BCUT2D eigenvalue weighted by Gasteiger charge is 2.41. The average Bonchev–Trinajstić information content (AvgIpc) is 2.50. The van der Waals surface area contributed by atoms with Crippen LogP contribution in [0, 0.1) is 5.82 Å². The van der Waals surface area contributed by atoms with E-state index in [0.29, 0.717) is 0 Å². The van der Waals surface area contributed by atoms with Crippen LogP contribution in [0.2, 0.25) is 5.02 Å². The molecule has 0 unspecified atom stereocenters. The van der Waals surface area contributed by atoms with Crippen LogP contribution in [0.3, 0.4) is 0 Å². The number of hydrogen-bond donors (Lipinski definition) is 1. The number of piperidine rings is 1. The maximum absolute atomic E-state index is 13.7. The minimum atomic E-state index is -1.55. The van der Waals surface area contributed by atoms with Crippen molar-refractivity contribution >= 4 is 23.5 Å². The number of hydrogen-bond acceptors (Lipinski definition) is 4. The highest BCUT2D eigenvalue weighted by molar-refractivity contribution is 6.31. The summed E-state index contributed by atoms with van der Waals surface area (Å²) in [5.41, 5.74) is -1.40. The van der Waals surface area contributed by atoms with Crippen molar-refractivity contribution in [1.82, 2.24) is 4.90 Å². The summed E-state index contributed by atoms with van der Waals surface area (Å²) in [5, 5.41) is 10.3. The maximum atomic E-state index is 13.7. The summed E-state index contributed by atoms with van der Waals surface area (Å²) in [6, 6.07) is 4.25. The number of benzene rings is 1. The molecule has 120 valence electrons. The van der Waals surface area contributed by atoms with E-state index < -0.39 is 17.4 Å². The van der Waals surface area contributed by atoms with E-state index in [-0.39, 0.29) is 48.8 Å². The van der Waals surface area contributed by atoms with Gasteiger partial charge in [0.1, 0.15) is 5.82 Å². The third-order valence-electron chi connectivity index (χ3n) is 3.90. The molecule has 7 heteroatoms. The molecule has 0 aliphatic carbocycles. The highest BCUT2D eigenvalue weighted by Crippen LogP contribution is 2.25. The molecular formula is C15H17ClFNO4. The Hall–Kier alpha value is -1.66. The number of esters is 1. The zero-order valence-corrected chi connectivity index (χ0v) is 12.9. The van der Waals surface area contributed by atoms with E-state index >= 15 is 0 Å². The fraction of sp³-hybridized carbons (Fsp3) is 0.467. The molecule has 1 aliphatic rings. The van der Waals surface area contributed by atoms with Crippen molar-refractivity contribution in [2.75, 3.05) is 20.2 Å². The van der Waals surface area contributed by atoms with E-state index in [0.717, 1.165) is 0 Å². The van der Waals surface area contributed by atoms with Crippen LogP contribution in [0.5, 0.6) is 0 Å². The Bertz CT molecular complexity index is 565. The quantitative estimate of drug-likeness (QED) is 0.854. The van der Waals surface area contributed by atoms with Crippen molar-refractivity contribution in [2.24, 2.45) is 0 Å².